The summed E-state index contributed by atoms with van der Waals surface area (Å²) in [6.45, 7) is 0. The quantitative estimate of drug-likeness (QED) is 0.744. The molecular formula is C13H11F2N3O. The molecule has 0 unspecified atom stereocenters. The molecule has 0 aliphatic rings. The number of nitrogens with one attached hydrogen (secondary N) is 1. The van der Waals surface area contributed by atoms with E-state index in [0.717, 1.165) is 12.1 Å². The summed E-state index contributed by atoms with van der Waals surface area (Å²) in [5.74, 6) is -2.14. The number of anilines is 3. The Morgan fingerprint density at radius 1 is 1.05 bits per heavy atom. The second kappa shape index (κ2) is 4.93. The first kappa shape index (κ1) is 12.8. The average molecular weight is 263 g/mol. The van der Waals surface area contributed by atoms with E-state index in [1.807, 2.05) is 0 Å². The third kappa shape index (κ3) is 2.79. The van der Waals surface area contributed by atoms with Gasteiger partial charge in [0.25, 0.3) is 5.91 Å². The van der Waals surface area contributed by atoms with Crippen molar-refractivity contribution in [3.63, 3.8) is 0 Å². The number of carbonyl (C=O) groups excluding carboxylic acids is 1. The summed E-state index contributed by atoms with van der Waals surface area (Å²) in [6.07, 6.45) is 0. The van der Waals surface area contributed by atoms with E-state index in [1.165, 1.54) is 24.3 Å². The standard InChI is InChI=1S/C13H11F2N3O/c14-7-1-4-11(10(15)5-7)18-12-6-8(16)2-3-9(12)13(17)19/h1-6,18H,16H2,(H2,17,19). The fraction of sp³-hybridized carbons (Fsp3) is 0. The lowest BCUT2D eigenvalue weighted by Gasteiger charge is -2.11. The molecule has 0 aliphatic heterocycles. The minimum absolute atomic E-state index is 0.0227. The number of amides is 1. The van der Waals surface area contributed by atoms with E-state index in [-0.39, 0.29) is 16.9 Å². The Labute approximate surface area is 108 Å². The van der Waals surface area contributed by atoms with Crippen molar-refractivity contribution in [2.24, 2.45) is 5.73 Å². The van der Waals surface area contributed by atoms with Crippen molar-refractivity contribution in [1.29, 1.82) is 0 Å². The lowest BCUT2D eigenvalue weighted by Crippen LogP contribution is -2.13. The van der Waals surface area contributed by atoms with Crippen LogP contribution in [-0.4, -0.2) is 5.91 Å². The SMILES string of the molecule is NC(=O)c1ccc(N)cc1Nc1ccc(F)cc1F. The Morgan fingerprint density at radius 2 is 1.79 bits per heavy atom. The molecule has 0 fully saturated rings. The van der Waals surface area contributed by atoms with Crippen LogP contribution in [0.5, 0.6) is 0 Å². The molecule has 19 heavy (non-hydrogen) atoms. The van der Waals surface area contributed by atoms with Gasteiger partial charge in [0, 0.05) is 11.8 Å². The van der Waals surface area contributed by atoms with Crippen molar-refractivity contribution in [2.45, 2.75) is 0 Å². The van der Waals surface area contributed by atoms with Crippen molar-refractivity contribution in [3.8, 4) is 0 Å². The number of halogens is 2. The Kier molecular flexibility index (Phi) is 3.33. The smallest absolute Gasteiger partial charge is 0.250 e. The molecule has 0 radical (unpaired) electrons. The van der Waals surface area contributed by atoms with Crippen LogP contribution < -0.4 is 16.8 Å². The molecule has 2 aromatic carbocycles. The Morgan fingerprint density at radius 3 is 2.42 bits per heavy atom. The van der Waals surface area contributed by atoms with Gasteiger partial charge in [0.05, 0.1) is 16.9 Å². The average Bonchev–Trinajstić information content (AvgIpc) is 2.32. The monoisotopic (exact) mass is 263 g/mol. The number of carbonyl (C=O) groups is 1. The Hall–Kier alpha value is -2.63. The predicted molar refractivity (Wildman–Crippen MR) is 69.0 cm³/mol. The van der Waals surface area contributed by atoms with Gasteiger partial charge < -0.3 is 16.8 Å². The van der Waals surface area contributed by atoms with E-state index in [2.05, 4.69) is 5.32 Å². The normalized spacial score (nSPS) is 10.2. The maximum atomic E-state index is 13.5. The number of rotatable bonds is 3. The van der Waals surface area contributed by atoms with Gasteiger partial charge in [-0.3, -0.25) is 4.79 Å². The van der Waals surface area contributed by atoms with Crippen LogP contribution in [0, 0.1) is 11.6 Å². The van der Waals surface area contributed by atoms with Gasteiger partial charge in [-0.25, -0.2) is 8.78 Å². The first-order chi connectivity index (χ1) is 8.97. The van der Waals surface area contributed by atoms with E-state index < -0.39 is 17.5 Å². The zero-order valence-electron chi connectivity index (χ0n) is 9.78. The van der Waals surface area contributed by atoms with Gasteiger partial charge in [-0.15, -0.1) is 0 Å². The maximum absolute atomic E-state index is 13.5. The summed E-state index contributed by atoms with van der Waals surface area (Å²) in [5.41, 5.74) is 11.6. The van der Waals surface area contributed by atoms with Gasteiger partial charge in [0.1, 0.15) is 11.6 Å². The zero-order valence-corrected chi connectivity index (χ0v) is 9.78. The van der Waals surface area contributed by atoms with Gasteiger partial charge in [-0.05, 0) is 30.3 Å². The summed E-state index contributed by atoms with van der Waals surface area (Å²) in [6, 6.07) is 7.44. The molecule has 2 rings (SSSR count). The summed E-state index contributed by atoms with van der Waals surface area (Å²) < 4.78 is 26.3. The fourth-order valence-electron chi connectivity index (χ4n) is 1.62. The van der Waals surface area contributed by atoms with Crippen LogP contribution in [0.25, 0.3) is 0 Å². The molecule has 0 atom stereocenters. The largest absolute Gasteiger partial charge is 0.399 e. The van der Waals surface area contributed by atoms with Gasteiger partial charge in [-0.2, -0.15) is 0 Å². The lowest BCUT2D eigenvalue weighted by atomic mass is 10.1. The number of benzene rings is 2. The van der Waals surface area contributed by atoms with Gasteiger partial charge in [0.2, 0.25) is 0 Å². The summed E-state index contributed by atoms with van der Waals surface area (Å²) in [5, 5.41) is 2.67. The van der Waals surface area contributed by atoms with Crippen molar-refractivity contribution in [2.75, 3.05) is 11.1 Å². The predicted octanol–water partition coefficient (Wildman–Crippen LogP) is 2.39. The second-order valence-electron chi connectivity index (χ2n) is 3.92. The summed E-state index contributed by atoms with van der Waals surface area (Å²) in [4.78, 5) is 11.2. The van der Waals surface area contributed by atoms with E-state index >= 15 is 0 Å². The summed E-state index contributed by atoms with van der Waals surface area (Å²) >= 11 is 0. The van der Waals surface area contributed by atoms with Gasteiger partial charge in [0.15, 0.2) is 0 Å². The van der Waals surface area contributed by atoms with Crippen LogP contribution in [0.1, 0.15) is 10.4 Å². The minimum atomic E-state index is -0.780. The maximum Gasteiger partial charge on any atom is 0.250 e. The minimum Gasteiger partial charge on any atom is -0.399 e. The molecule has 0 aromatic heterocycles. The first-order valence-corrected chi connectivity index (χ1v) is 5.39. The molecule has 6 heteroatoms. The first-order valence-electron chi connectivity index (χ1n) is 5.39. The van der Waals surface area contributed by atoms with E-state index in [9.17, 15) is 13.6 Å². The molecule has 1 amide bonds. The zero-order chi connectivity index (χ0) is 14.0. The van der Waals surface area contributed by atoms with Crippen LogP contribution in [0.3, 0.4) is 0 Å². The third-order valence-corrected chi connectivity index (χ3v) is 2.51. The number of hydrogen-bond acceptors (Lipinski definition) is 3. The topological polar surface area (TPSA) is 81.1 Å². The van der Waals surface area contributed by atoms with Crippen LogP contribution in [0.15, 0.2) is 36.4 Å². The molecule has 0 heterocycles. The molecule has 0 saturated carbocycles. The molecule has 98 valence electrons. The third-order valence-electron chi connectivity index (χ3n) is 2.51. The van der Waals surface area contributed by atoms with Crippen molar-refractivity contribution >= 4 is 23.0 Å². The molecule has 0 saturated heterocycles. The Bertz CT molecular complexity index is 644. The number of nitrogens with two attached hydrogens (primary N) is 2. The highest BCUT2D eigenvalue weighted by Gasteiger charge is 2.11. The molecule has 0 spiro atoms. The molecule has 2 aromatic rings. The molecule has 5 N–H and O–H groups in total. The number of nitrogen functional groups attached to an aromatic ring is 1. The second-order valence-corrected chi connectivity index (χ2v) is 3.92. The molecular weight excluding hydrogens is 252 g/mol. The van der Waals surface area contributed by atoms with E-state index in [1.54, 1.807) is 0 Å². The Balaban J connectivity index is 2.42. The highest BCUT2D eigenvalue weighted by Crippen LogP contribution is 2.25. The highest BCUT2D eigenvalue weighted by molar-refractivity contribution is 5.99. The summed E-state index contributed by atoms with van der Waals surface area (Å²) in [7, 11) is 0. The molecule has 0 bridgehead atoms. The molecule has 4 nitrogen and oxygen atoms in total. The fourth-order valence-corrected chi connectivity index (χ4v) is 1.62. The van der Waals surface area contributed by atoms with Gasteiger partial charge in [-0.1, -0.05) is 0 Å². The number of hydrogen-bond donors (Lipinski definition) is 3. The van der Waals surface area contributed by atoms with E-state index in [0.29, 0.717) is 5.69 Å². The molecule has 0 aliphatic carbocycles. The number of primary amides is 1. The van der Waals surface area contributed by atoms with E-state index in [4.69, 9.17) is 11.5 Å². The highest BCUT2D eigenvalue weighted by atomic mass is 19.1. The van der Waals surface area contributed by atoms with Crippen molar-refractivity contribution in [3.05, 3.63) is 53.6 Å². The van der Waals surface area contributed by atoms with Crippen molar-refractivity contribution in [1.82, 2.24) is 0 Å². The lowest BCUT2D eigenvalue weighted by molar-refractivity contribution is 0.100. The van der Waals surface area contributed by atoms with Crippen LogP contribution in [0.2, 0.25) is 0 Å². The van der Waals surface area contributed by atoms with Crippen LogP contribution in [-0.2, 0) is 0 Å². The van der Waals surface area contributed by atoms with Crippen LogP contribution in [0.4, 0.5) is 25.8 Å². The van der Waals surface area contributed by atoms with Crippen LogP contribution >= 0.6 is 0 Å². The van der Waals surface area contributed by atoms with Gasteiger partial charge >= 0.3 is 0 Å². The van der Waals surface area contributed by atoms with Crippen molar-refractivity contribution < 1.29 is 13.6 Å².